The van der Waals surface area contributed by atoms with Crippen molar-refractivity contribution in [1.82, 2.24) is 4.90 Å². The molecule has 7 nitrogen and oxygen atoms in total. The van der Waals surface area contributed by atoms with Crippen LogP contribution in [0.15, 0.2) is 24.3 Å². The Kier molecular flexibility index (Phi) is 8.45. The summed E-state index contributed by atoms with van der Waals surface area (Å²) in [5.74, 6) is 0.262. The summed E-state index contributed by atoms with van der Waals surface area (Å²) in [6.07, 6.45) is -0.283. The summed E-state index contributed by atoms with van der Waals surface area (Å²) in [7, 11) is 0. The van der Waals surface area contributed by atoms with E-state index in [1.165, 1.54) is 0 Å². The number of imide groups is 1. The molecule has 28 heavy (non-hydrogen) atoms. The third-order valence-corrected chi connectivity index (χ3v) is 3.79. The van der Waals surface area contributed by atoms with Gasteiger partial charge in [-0.1, -0.05) is 13.8 Å². The SMILES string of the molecule is CC(C)C[C@H](N)C(=O)N(C(=O)OC(C)(C)C)C(C)COc1ccc(C#N)cc1. The van der Waals surface area contributed by atoms with E-state index in [0.29, 0.717) is 17.7 Å². The third kappa shape index (κ3) is 7.57. The number of nitrogens with zero attached hydrogens (tertiary/aromatic N) is 2. The Bertz CT molecular complexity index is 702. The zero-order chi connectivity index (χ0) is 21.5. The van der Waals surface area contributed by atoms with Crippen molar-refractivity contribution in [3.8, 4) is 11.8 Å². The van der Waals surface area contributed by atoms with E-state index < -0.39 is 29.7 Å². The van der Waals surface area contributed by atoms with Gasteiger partial charge in [-0.3, -0.25) is 4.79 Å². The first kappa shape index (κ1) is 23.4. The monoisotopic (exact) mass is 389 g/mol. The lowest BCUT2D eigenvalue weighted by Crippen LogP contribution is -2.53. The minimum absolute atomic E-state index is 0.0747. The Hall–Kier alpha value is -2.59. The molecule has 0 aliphatic heterocycles. The maximum Gasteiger partial charge on any atom is 0.417 e. The molecule has 2 N–H and O–H groups in total. The minimum atomic E-state index is -0.801. The molecular weight excluding hydrogens is 358 g/mol. The van der Waals surface area contributed by atoms with Crippen LogP contribution in [-0.4, -0.2) is 41.2 Å². The molecule has 7 heteroatoms. The minimum Gasteiger partial charge on any atom is -0.491 e. The van der Waals surface area contributed by atoms with E-state index in [4.69, 9.17) is 20.5 Å². The van der Waals surface area contributed by atoms with Crippen LogP contribution in [0.4, 0.5) is 4.79 Å². The summed E-state index contributed by atoms with van der Waals surface area (Å²) in [5.41, 5.74) is 5.80. The number of amides is 2. The van der Waals surface area contributed by atoms with Gasteiger partial charge in [-0.15, -0.1) is 0 Å². The van der Waals surface area contributed by atoms with Gasteiger partial charge in [0.05, 0.1) is 23.7 Å². The van der Waals surface area contributed by atoms with Crippen LogP contribution in [0, 0.1) is 17.2 Å². The molecule has 154 valence electrons. The summed E-state index contributed by atoms with van der Waals surface area (Å²) in [6, 6.07) is 7.24. The van der Waals surface area contributed by atoms with Crippen molar-refractivity contribution in [2.24, 2.45) is 11.7 Å². The lowest BCUT2D eigenvalue weighted by atomic mass is 10.0. The van der Waals surface area contributed by atoms with Crippen LogP contribution in [0.5, 0.6) is 5.75 Å². The van der Waals surface area contributed by atoms with Crippen molar-refractivity contribution in [3.05, 3.63) is 29.8 Å². The van der Waals surface area contributed by atoms with Crippen molar-refractivity contribution in [2.45, 2.75) is 65.6 Å². The van der Waals surface area contributed by atoms with Crippen molar-refractivity contribution in [1.29, 1.82) is 5.26 Å². The van der Waals surface area contributed by atoms with E-state index >= 15 is 0 Å². The van der Waals surface area contributed by atoms with E-state index in [2.05, 4.69) is 0 Å². The Morgan fingerprint density at radius 3 is 2.21 bits per heavy atom. The van der Waals surface area contributed by atoms with E-state index in [1.54, 1.807) is 52.0 Å². The Morgan fingerprint density at radius 2 is 1.75 bits per heavy atom. The maximum atomic E-state index is 12.9. The van der Waals surface area contributed by atoms with Gasteiger partial charge in [-0.25, -0.2) is 9.69 Å². The molecule has 1 unspecified atom stereocenters. The van der Waals surface area contributed by atoms with Crippen LogP contribution in [-0.2, 0) is 9.53 Å². The summed E-state index contributed by atoms with van der Waals surface area (Å²) in [6.45, 7) is 10.9. The van der Waals surface area contributed by atoms with E-state index in [9.17, 15) is 9.59 Å². The first-order chi connectivity index (χ1) is 12.9. The molecule has 1 aromatic carbocycles. The number of benzene rings is 1. The van der Waals surface area contributed by atoms with Gasteiger partial charge in [-0.05, 0) is 64.3 Å². The van der Waals surface area contributed by atoms with Crippen LogP contribution in [0.2, 0.25) is 0 Å². The predicted octanol–water partition coefficient (Wildman–Crippen LogP) is 3.46. The number of nitrogens with two attached hydrogens (primary N) is 1. The fourth-order valence-corrected chi connectivity index (χ4v) is 2.50. The summed E-state index contributed by atoms with van der Waals surface area (Å²) < 4.78 is 11.1. The standard InChI is InChI=1S/C21H31N3O4/c1-14(2)11-18(23)19(25)24(20(26)28-21(4,5)6)15(3)13-27-17-9-7-16(12-22)8-10-17/h7-10,14-15,18H,11,13,23H2,1-6H3/t15?,18-/m0/s1. The second-order valence-corrected chi connectivity index (χ2v) is 8.22. The second-order valence-electron chi connectivity index (χ2n) is 8.22. The Morgan fingerprint density at radius 1 is 1.18 bits per heavy atom. The highest BCUT2D eigenvalue weighted by Gasteiger charge is 2.34. The lowest BCUT2D eigenvalue weighted by molar-refractivity contribution is -0.134. The molecule has 0 aromatic heterocycles. The molecule has 2 atom stereocenters. The van der Waals surface area contributed by atoms with Crippen molar-refractivity contribution >= 4 is 12.0 Å². The third-order valence-electron chi connectivity index (χ3n) is 3.79. The highest BCUT2D eigenvalue weighted by molar-refractivity contribution is 5.95. The second kappa shape index (κ2) is 10.1. The normalized spacial score (nSPS) is 13.4. The van der Waals surface area contributed by atoms with Crippen molar-refractivity contribution in [2.75, 3.05) is 6.61 Å². The lowest BCUT2D eigenvalue weighted by Gasteiger charge is -2.32. The van der Waals surface area contributed by atoms with Gasteiger partial charge >= 0.3 is 6.09 Å². The quantitative estimate of drug-likeness (QED) is 0.765. The molecule has 0 fully saturated rings. The smallest absolute Gasteiger partial charge is 0.417 e. The van der Waals surface area contributed by atoms with E-state index in [-0.39, 0.29) is 12.5 Å². The molecule has 0 radical (unpaired) electrons. The summed E-state index contributed by atoms with van der Waals surface area (Å²) in [5, 5.41) is 8.85. The number of ether oxygens (including phenoxy) is 2. The Labute approximate surface area is 167 Å². The fourth-order valence-electron chi connectivity index (χ4n) is 2.50. The number of rotatable bonds is 7. The van der Waals surface area contributed by atoms with Gasteiger partial charge in [0.2, 0.25) is 5.91 Å². The summed E-state index contributed by atoms with van der Waals surface area (Å²) >= 11 is 0. The highest BCUT2D eigenvalue weighted by Crippen LogP contribution is 2.17. The van der Waals surface area contributed by atoms with Crippen molar-refractivity contribution < 1.29 is 19.1 Å². The summed E-state index contributed by atoms with van der Waals surface area (Å²) in [4.78, 5) is 26.6. The van der Waals surface area contributed by atoms with Crippen molar-refractivity contribution in [3.63, 3.8) is 0 Å². The van der Waals surface area contributed by atoms with Gasteiger partial charge in [0.15, 0.2) is 0 Å². The van der Waals surface area contributed by atoms with Gasteiger partial charge in [0.25, 0.3) is 0 Å². The molecule has 0 heterocycles. The van der Waals surface area contributed by atoms with Gasteiger partial charge in [-0.2, -0.15) is 5.26 Å². The highest BCUT2D eigenvalue weighted by atomic mass is 16.6. The number of hydrogen-bond acceptors (Lipinski definition) is 6. The maximum absolute atomic E-state index is 12.9. The van der Waals surface area contributed by atoms with Crippen LogP contribution in [0.3, 0.4) is 0 Å². The molecule has 0 saturated carbocycles. The van der Waals surface area contributed by atoms with Crippen LogP contribution in [0.1, 0.15) is 53.5 Å². The molecular formula is C21H31N3O4. The predicted molar refractivity (Wildman–Crippen MR) is 107 cm³/mol. The molecule has 0 saturated heterocycles. The molecule has 0 aliphatic rings. The number of carbonyl (C=O) groups excluding carboxylic acids is 2. The van der Waals surface area contributed by atoms with Gasteiger partial charge < -0.3 is 15.2 Å². The molecule has 0 aliphatic carbocycles. The largest absolute Gasteiger partial charge is 0.491 e. The molecule has 2 amide bonds. The van der Waals surface area contributed by atoms with Crippen LogP contribution >= 0.6 is 0 Å². The van der Waals surface area contributed by atoms with Gasteiger partial charge in [0.1, 0.15) is 18.0 Å². The fraction of sp³-hybridized carbons (Fsp3) is 0.571. The molecule has 1 aromatic rings. The molecule has 0 spiro atoms. The molecule has 1 rings (SSSR count). The first-order valence-corrected chi connectivity index (χ1v) is 9.39. The number of carbonyl (C=O) groups is 2. The van der Waals surface area contributed by atoms with E-state index in [0.717, 1.165) is 4.90 Å². The topological polar surface area (TPSA) is 106 Å². The zero-order valence-corrected chi connectivity index (χ0v) is 17.6. The van der Waals surface area contributed by atoms with Gasteiger partial charge in [0, 0.05) is 0 Å². The number of nitriles is 1. The van der Waals surface area contributed by atoms with E-state index in [1.807, 2.05) is 19.9 Å². The Balaban J connectivity index is 2.93. The van der Waals surface area contributed by atoms with Crippen LogP contribution in [0.25, 0.3) is 0 Å². The number of hydrogen-bond donors (Lipinski definition) is 1. The average Bonchev–Trinajstić information content (AvgIpc) is 2.58. The first-order valence-electron chi connectivity index (χ1n) is 9.39. The zero-order valence-electron chi connectivity index (χ0n) is 17.6. The average molecular weight is 389 g/mol. The molecule has 0 bridgehead atoms. The van der Waals surface area contributed by atoms with Crippen LogP contribution < -0.4 is 10.5 Å².